The van der Waals surface area contributed by atoms with E-state index in [-0.39, 0.29) is 18.0 Å². The van der Waals surface area contributed by atoms with Gasteiger partial charge in [-0.25, -0.2) is 9.78 Å². The molecule has 1 aliphatic rings. The van der Waals surface area contributed by atoms with Gasteiger partial charge in [-0.05, 0) is 25.0 Å². The van der Waals surface area contributed by atoms with Crippen molar-refractivity contribution in [3.05, 3.63) is 23.4 Å². The second-order valence-corrected chi connectivity index (χ2v) is 5.62. The minimum absolute atomic E-state index is 0.0120. The molecule has 1 fully saturated rings. The lowest BCUT2D eigenvalue weighted by Gasteiger charge is -2.31. The molecule has 7 nitrogen and oxygen atoms in total. The van der Waals surface area contributed by atoms with Crippen molar-refractivity contribution in [2.75, 3.05) is 32.0 Å². The summed E-state index contributed by atoms with van der Waals surface area (Å²) in [5.41, 5.74) is 0. The Morgan fingerprint density at radius 3 is 2.68 bits per heavy atom. The summed E-state index contributed by atoms with van der Waals surface area (Å²) < 4.78 is 0. The van der Waals surface area contributed by atoms with E-state index in [1.54, 1.807) is 19.2 Å². The second-order valence-electron chi connectivity index (χ2n) is 5.18. The van der Waals surface area contributed by atoms with Crippen molar-refractivity contribution in [2.24, 2.45) is 0 Å². The monoisotopic (exact) mass is 325 g/mol. The number of piperidine rings is 1. The first kappa shape index (κ1) is 16.5. The first-order valence-corrected chi connectivity index (χ1v) is 7.56. The zero-order chi connectivity index (χ0) is 15.9. The van der Waals surface area contributed by atoms with Crippen molar-refractivity contribution in [3.8, 4) is 0 Å². The van der Waals surface area contributed by atoms with Crippen molar-refractivity contribution in [3.63, 3.8) is 0 Å². The Labute approximate surface area is 134 Å². The van der Waals surface area contributed by atoms with Gasteiger partial charge in [-0.15, -0.1) is 0 Å². The average molecular weight is 326 g/mol. The van der Waals surface area contributed by atoms with Gasteiger partial charge in [0.05, 0.1) is 11.6 Å². The number of nitrogens with one attached hydrogen (secondary N) is 3. The minimum atomic E-state index is -0.278. The van der Waals surface area contributed by atoms with Crippen molar-refractivity contribution in [1.82, 2.24) is 20.5 Å². The standard InChI is InChI=1S/C14H20ClN5O2/c1-16-13(21)9-20-6-4-11(5-7-20)18-14(22)19-12-3-2-10(15)8-17-12/h2-3,8,11H,4-7,9H2,1H3,(H,16,21)(H2,17,18,19,22). The molecule has 1 aliphatic heterocycles. The van der Waals surface area contributed by atoms with Gasteiger partial charge < -0.3 is 10.6 Å². The van der Waals surface area contributed by atoms with Gasteiger partial charge in [-0.3, -0.25) is 15.0 Å². The molecule has 1 aromatic heterocycles. The van der Waals surface area contributed by atoms with Crippen LogP contribution in [0.4, 0.5) is 10.6 Å². The van der Waals surface area contributed by atoms with Crippen LogP contribution in [0.15, 0.2) is 18.3 Å². The van der Waals surface area contributed by atoms with Crippen molar-refractivity contribution in [1.29, 1.82) is 0 Å². The maximum absolute atomic E-state index is 11.9. The molecule has 1 saturated heterocycles. The minimum Gasteiger partial charge on any atom is -0.358 e. The molecule has 120 valence electrons. The number of rotatable bonds is 4. The molecule has 1 aromatic rings. The zero-order valence-electron chi connectivity index (χ0n) is 12.4. The van der Waals surface area contributed by atoms with Gasteiger partial charge in [0, 0.05) is 32.4 Å². The highest BCUT2D eigenvalue weighted by atomic mass is 35.5. The van der Waals surface area contributed by atoms with Crippen molar-refractivity contribution < 1.29 is 9.59 Å². The molecule has 0 unspecified atom stereocenters. The number of pyridine rings is 1. The molecule has 0 bridgehead atoms. The fourth-order valence-corrected chi connectivity index (χ4v) is 2.42. The van der Waals surface area contributed by atoms with Crippen molar-refractivity contribution >= 4 is 29.4 Å². The predicted molar refractivity (Wildman–Crippen MR) is 84.9 cm³/mol. The maximum atomic E-state index is 11.9. The number of amides is 3. The molecule has 2 rings (SSSR count). The molecule has 0 aromatic carbocycles. The van der Waals surface area contributed by atoms with Crippen LogP contribution in [0.3, 0.4) is 0 Å². The van der Waals surface area contributed by atoms with Crippen LogP contribution in [-0.2, 0) is 4.79 Å². The lowest BCUT2D eigenvalue weighted by Crippen LogP contribution is -2.48. The van der Waals surface area contributed by atoms with Gasteiger partial charge in [-0.2, -0.15) is 0 Å². The van der Waals surface area contributed by atoms with E-state index in [4.69, 9.17) is 11.6 Å². The summed E-state index contributed by atoms with van der Waals surface area (Å²) >= 11 is 5.74. The Morgan fingerprint density at radius 2 is 2.09 bits per heavy atom. The van der Waals surface area contributed by atoms with Crippen LogP contribution in [-0.4, -0.2) is 54.5 Å². The third-order valence-corrected chi connectivity index (χ3v) is 3.76. The first-order chi connectivity index (χ1) is 10.6. The molecule has 0 radical (unpaired) electrons. The molecule has 3 amide bonds. The number of hydrogen-bond acceptors (Lipinski definition) is 4. The number of urea groups is 1. The van der Waals surface area contributed by atoms with Crippen molar-refractivity contribution in [2.45, 2.75) is 18.9 Å². The number of hydrogen-bond donors (Lipinski definition) is 3. The van der Waals surface area contributed by atoms with Gasteiger partial charge in [0.15, 0.2) is 0 Å². The average Bonchev–Trinajstić information content (AvgIpc) is 2.51. The van der Waals surface area contributed by atoms with Crippen LogP contribution >= 0.6 is 11.6 Å². The molecular weight excluding hydrogens is 306 g/mol. The molecule has 2 heterocycles. The molecule has 0 spiro atoms. The van der Waals surface area contributed by atoms with E-state index in [2.05, 4.69) is 25.8 Å². The summed E-state index contributed by atoms with van der Waals surface area (Å²) in [5, 5.41) is 8.72. The number of halogens is 1. The number of carbonyl (C=O) groups is 2. The van der Waals surface area contributed by atoms with Gasteiger partial charge in [-0.1, -0.05) is 11.6 Å². The summed E-state index contributed by atoms with van der Waals surface area (Å²) in [4.78, 5) is 29.3. The predicted octanol–water partition coefficient (Wildman–Crippen LogP) is 1.07. The Kier molecular flexibility index (Phi) is 5.97. The SMILES string of the molecule is CNC(=O)CN1CCC(NC(=O)Nc2ccc(Cl)cn2)CC1. The first-order valence-electron chi connectivity index (χ1n) is 7.19. The summed E-state index contributed by atoms with van der Waals surface area (Å²) in [6.07, 6.45) is 3.12. The van der Waals surface area contributed by atoms with Crippen LogP contribution in [0, 0.1) is 0 Å². The number of aromatic nitrogens is 1. The summed E-state index contributed by atoms with van der Waals surface area (Å²) in [7, 11) is 1.63. The smallest absolute Gasteiger partial charge is 0.320 e. The topological polar surface area (TPSA) is 86.4 Å². The zero-order valence-corrected chi connectivity index (χ0v) is 13.2. The van der Waals surface area contributed by atoms with E-state index in [9.17, 15) is 9.59 Å². The Balaban J connectivity index is 1.72. The van der Waals surface area contributed by atoms with Gasteiger partial charge in [0.1, 0.15) is 5.82 Å². The van der Waals surface area contributed by atoms with Gasteiger partial charge in [0.2, 0.25) is 5.91 Å². The van der Waals surface area contributed by atoms with Crippen LogP contribution < -0.4 is 16.0 Å². The fourth-order valence-electron chi connectivity index (χ4n) is 2.31. The Morgan fingerprint density at radius 1 is 1.36 bits per heavy atom. The Bertz CT molecular complexity index is 514. The van der Waals surface area contributed by atoms with Crippen LogP contribution in [0.1, 0.15) is 12.8 Å². The molecule has 3 N–H and O–H groups in total. The molecule has 0 atom stereocenters. The number of likely N-dealkylation sites (N-methyl/N-ethyl adjacent to an activating group) is 1. The normalized spacial score (nSPS) is 16.1. The van der Waals surface area contributed by atoms with Gasteiger partial charge in [0.25, 0.3) is 0 Å². The van der Waals surface area contributed by atoms with E-state index < -0.39 is 0 Å². The largest absolute Gasteiger partial charge is 0.358 e. The van der Waals surface area contributed by atoms with E-state index in [1.165, 1.54) is 6.20 Å². The summed E-state index contributed by atoms with van der Waals surface area (Å²) in [6, 6.07) is 3.14. The highest BCUT2D eigenvalue weighted by Crippen LogP contribution is 2.11. The number of carbonyl (C=O) groups excluding carboxylic acids is 2. The molecule has 0 saturated carbocycles. The molecule has 22 heavy (non-hydrogen) atoms. The third kappa shape index (κ3) is 5.16. The maximum Gasteiger partial charge on any atom is 0.320 e. The summed E-state index contributed by atoms with van der Waals surface area (Å²) in [6.45, 7) is 1.99. The van der Waals surface area contributed by atoms with E-state index >= 15 is 0 Å². The molecule has 0 aliphatic carbocycles. The van der Waals surface area contributed by atoms with Crippen LogP contribution in [0.25, 0.3) is 0 Å². The fraction of sp³-hybridized carbons (Fsp3) is 0.500. The molecule has 8 heteroatoms. The van der Waals surface area contributed by atoms with Gasteiger partial charge >= 0.3 is 6.03 Å². The molecular formula is C14H20ClN5O2. The van der Waals surface area contributed by atoms with E-state index in [1.807, 2.05) is 0 Å². The lowest BCUT2D eigenvalue weighted by molar-refractivity contribution is -0.122. The van der Waals surface area contributed by atoms with E-state index in [0.717, 1.165) is 25.9 Å². The number of anilines is 1. The Hall–Kier alpha value is -1.86. The highest BCUT2D eigenvalue weighted by molar-refractivity contribution is 6.30. The highest BCUT2D eigenvalue weighted by Gasteiger charge is 2.21. The van der Waals surface area contributed by atoms with E-state index in [0.29, 0.717) is 17.4 Å². The van der Waals surface area contributed by atoms with Crippen LogP contribution in [0.2, 0.25) is 5.02 Å². The quantitative estimate of drug-likeness (QED) is 0.773. The summed E-state index contributed by atoms with van der Waals surface area (Å²) in [5.74, 6) is 0.469. The van der Waals surface area contributed by atoms with Crippen LogP contribution in [0.5, 0.6) is 0 Å². The second kappa shape index (κ2) is 7.95. The number of nitrogens with zero attached hydrogens (tertiary/aromatic N) is 2. The number of likely N-dealkylation sites (tertiary alicyclic amines) is 1. The lowest BCUT2D eigenvalue weighted by atomic mass is 10.1. The third-order valence-electron chi connectivity index (χ3n) is 3.54.